The maximum atomic E-state index is 6.73. The smallest absolute Gasteiger partial charge is 0.140 e. The van der Waals surface area contributed by atoms with E-state index in [9.17, 15) is 0 Å². The van der Waals surface area contributed by atoms with Gasteiger partial charge in [0, 0.05) is 24.2 Å². The van der Waals surface area contributed by atoms with Crippen molar-refractivity contribution in [3.05, 3.63) is 0 Å². The van der Waals surface area contributed by atoms with Crippen molar-refractivity contribution in [3.8, 4) is 0 Å². The normalized spacial score (nSPS) is 27.2. The van der Waals surface area contributed by atoms with Crippen LogP contribution in [0.3, 0.4) is 0 Å². The Morgan fingerprint density at radius 1 is 0.542 bits per heavy atom. The summed E-state index contributed by atoms with van der Waals surface area (Å²) in [5.41, 5.74) is -0.756. The minimum absolute atomic E-state index is 0.0649. The molecule has 2 atom stereocenters. The molecule has 1 fully saturated rings. The first-order valence-electron chi connectivity index (χ1n) is 9.62. The molecule has 1 heterocycles. The van der Waals surface area contributed by atoms with E-state index in [1.54, 1.807) is 0 Å². The molecule has 144 valence electrons. The van der Waals surface area contributed by atoms with E-state index in [1.807, 2.05) is 0 Å². The highest BCUT2D eigenvalue weighted by molar-refractivity contribution is 4.97. The van der Waals surface area contributed by atoms with E-state index in [0.717, 1.165) is 0 Å². The zero-order chi connectivity index (χ0) is 19.0. The molecule has 4 nitrogen and oxygen atoms in total. The molecule has 0 aromatic rings. The van der Waals surface area contributed by atoms with Crippen molar-refractivity contribution in [1.82, 2.24) is 9.80 Å². The molecule has 0 saturated carbocycles. The van der Waals surface area contributed by atoms with E-state index >= 15 is 0 Å². The van der Waals surface area contributed by atoms with Crippen molar-refractivity contribution in [3.63, 3.8) is 0 Å². The molecule has 1 saturated heterocycles. The summed E-state index contributed by atoms with van der Waals surface area (Å²) in [4.78, 5) is 4.85. The molecule has 0 N–H and O–H groups in total. The van der Waals surface area contributed by atoms with Crippen LogP contribution < -0.4 is 0 Å². The van der Waals surface area contributed by atoms with E-state index in [1.165, 1.54) is 0 Å². The minimum Gasteiger partial charge on any atom is -0.350 e. The molecule has 0 amide bonds. The standard InChI is InChI=1S/C20H42N2O2/c1-13(2)21(14(3)4)17-19(9,10)24-18(20(11,12)23-17)22(15(5)6)16(7)8/h13-18H,1-12H3/t17-,18+. The second-order valence-corrected chi connectivity index (χ2v) is 9.42. The maximum absolute atomic E-state index is 6.73. The van der Waals surface area contributed by atoms with Gasteiger partial charge in [-0.15, -0.1) is 0 Å². The van der Waals surface area contributed by atoms with Gasteiger partial charge in [0.1, 0.15) is 23.7 Å². The van der Waals surface area contributed by atoms with Gasteiger partial charge in [0.15, 0.2) is 0 Å². The quantitative estimate of drug-likeness (QED) is 0.710. The third kappa shape index (κ3) is 4.51. The molecule has 0 unspecified atom stereocenters. The van der Waals surface area contributed by atoms with Gasteiger partial charge in [0.25, 0.3) is 0 Å². The summed E-state index contributed by atoms with van der Waals surface area (Å²) in [6, 6.07) is 1.60. The fourth-order valence-corrected chi connectivity index (χ4v) is 4.09. The lowest BCUT2D eigenvalue weighted by atomic mass is 9.95. The molecule has 0 spiro atoms. The predicted octanol–water partition coefficient (Wildman–Crippen LogP) is 4.48. The Balaban J connectivity index is 3.22. The van der Waals surface area contributed by atoms with Gasteiger partial charge in [-0.05, 0) is 83.1 Å². The molecule has 1 aliphatic rings. The highest BCUT2D eigenvalue weighted by atomic mass is 16.6. The first-order chi connectivity index (χ1) is 10.7. The van der Waals surface area contributed by atoms with Crippen LogP contribution in [0, 0.1) is 0 Å². The molecule has 1 rings (SSSR count). The summed E-state index contributed by atoms with van der Waals surface area (Å²) in [6.45, 7) is 26.5. The summed E-state index contributed by atoms with van der Waals surface area (Å²) >= 11 is 0. The van der Waals surface area contributed by atoms with Crippen molar-refractivity contribution in [1.29, 1.82) is 0 Å². The van der Waals surface area contributed by atoms with Crippen LogP contribution in [0.4, 0.5) is 0 Å². The van der Waals surface area contributed by atoms with Gasteiger partial charge in [0.2, 0.25) is 0 Å². The highest BCUT2D eigenvalue weighted by Crippen LogP contribution is 2.40. The lowest BCUT2D eigenvalue weighted by Crippen LogP contribution is -2.70. The van der Waals surface area contributed by atoms with Crippen molar-refractivity contribution >= 4 is 0 Å². The van der Waals surface area contributed by atoms with Gasteiger partial charge in [-0.25, -0.2) is 0 Å². The second-order valence-electron chi connectivity index (χ2n) is 9.42. The fraction of sp³-hybridized carbons (Fsp3) is 1.00. The van der Waals surface area contributed by atoms with Crippen molar-refractivity contribution in [2.24, 2.45) is 0 Å². The lowest BCUT2D eigenvalue weighted by molar-refractivity contribution is -0.362. The minimum atomic E-state index is -0.378. The summed E-state index contributed by atoms with van der Waals surface area (Å²) in [6.07, 6.45) is -0.130. The third-order valence-electron chi connectivity index (χ3n) is 4.95. The molecule has 0 aromatic heterocycles. The number of ether oxygens (including phenoxy) is 2. The molecule has 24 heavy (non-hydrogen) atoms. The number of rotatable bonds is 6. The number of nitrogens with zero attached hydrogens (tertiary/aromatic N) is 2. The zero-order valence-electron chi connectivity index (χ0n) is 18.2. The Labute approximate surface area is 150 Å². The van der Waals surface area contributed by atoms with Gasteiger partial charge in [-0.3, -0.25) is 9.80 Å². The average Bonchev–Trinajstić information content (AvgIpc) is 2.33. The highest BCUT2D eigenvalue weighted by Gasteiger charge is 2.53. The van der Waals surface area contributed by atoms with Crippen LogP contribution in [0.15, 0.2) is 0 Å². The van der Waals surface area contributed by atoms with E-state index in [4.69, 9.17) is 9.47 Å². The maximum Gasteiger partial charge on any atom is 0.140 e. The number of hydrogen-bond donors (Lipinski definition) is 0. The van der Waals surface area contributed by atoms with Gasteiger partial charge < -0.3 is 9.47 Å². The SMILES string of the molecule is CC(C)N(C(C)C)[C@H]1OC(C)(C)[C@H](N(C(C)C)C(C)C)OC1(C)C. The van der Waals surface area contributed by atoms with Gasteiger partial charge in [0.05, 0.1) is 0 Å². The summed E-state index contributed by atoms with van der Waals surface area (Å²) in [5, 5.41) is 0. The van der Waals surface area contributed by atoms with Crippen LogP contribution >= 0.6 is 0 Å². The van der Waals surface area contributed by atoms with Crippen molar-refractivity contribution < 1.29 is 9.47 Å². The predicted molar refractivity (Wildman–Crippen MR) is 102 cm³/mol. The monoisotopic (exact) mass is 342 g/mol. The van der Waals surface area contributed by atoms with E-state index in [2.05, 4.69) is 92.9 Å². The van der Waals surface area contributed by atoms with Gasteiger partial charge >= 0.3 is 0 Å². The molecule has 0 aromatic carbocycles. The molecular weight excluding hydrogens is 300 g/mol. The molecule has 0 radical (unpaired) electrons. The van der Waals surface area contributed by atoms with Crippen LogP contribution in [0.5, 0.6) is 0 Å². The molecule has 1 aliphatic heterocycles. The second kappa shape index (κ2) is 7.61. The summed E-state index contributed by atoms with van der Waals surface area (Å²) < 4.78 is 13.5. The van der Waals surface area contributed by atoms with E-state index in [-0.39, 0.29) is 23.7 Å². The average molecular weight is 343 g/mol. The van der Waals surface area contributed by atoms with E-state index in [0.29, 0.717) is 24.2 Å². The third-order valence-corrected chi connectivity index (χ3v) is 4.95. The Morgan fingerprint density at radius 2 is 0.750 bits per heavy atom. The van der Waals surface area contributed by atoms with Gasteiger partial charge in [-0.1, -0.05) is 0 Å². The number of hydrogen-bond acceptors (Lipinski definition) is 4. The Bertz CT molecular complexity index is 348. The largest absolute Gasteiger partial charge is 0.350 e. The summed E-state index contributed by atoms with van der Waals surface area (Å²) in [7, 11) is 0. The van der Waals surface area contributed by atoms with Crippen LogP contribution in [0.1, 0.15) is 83.1 Å². The van der Waals surface area contributed by atoms with Crippen LogP contribution in [-0.4, -0.2) is 57.6 Å². The van der Waals surface area contributed by atoms with Crippen LogP contribution in [0.25, 0.3) is 0 Å². The first-order valence-corrected chi connectivity index (χ1v) is 9.62. The molecule has 0 aliphatic carbocycles. The molecule has 4 heteroatoms. The van der Waals surface area contributed by atoms with Crippen LogP contribution in [-0.2, 0) is 9.47 Å². The van der Waals surface area contributed by atoms with Crippen molar-refractivity contribution in [2.45, 2.75) is 131 Å². The fourth-order valence-electron chi connectivity index (χ4n) is 4.09. The molecular formula is C20H42N2O2. The van der Waals surface area contributed by atoms with Crippen molar-refractivity contribution in [2.75, 3.05) is 0 Å². The van der Waals surface area contributed by atoms with Gasteiger partial charge in [-0.2, -0.15) is 0 Å². The molecule has 0 bridgehead atoms. The lowest BCUT2D eigenvalue weighted by Gasteiger charge is -2.58. The Hall–Kier alpha value is -0.160. The Kier molecular flexibility index (Phi) is 6.94. The first kappa shape index (κ1) is 21.9. The Morgan fingerprint density at radius 3 is 0.917 bits per heavy atom. The van der Waals surface area contributed by atoms with E-state index < -0.39 is 0 Å². The van der Waals surface area contributed by atoms with Crippen LogP contribution in [0.2, 0.25) is 0 Å². The zero-order valence-corrected chi connectivity index (χ0v) is 18.2. The topological polar surface area (TPSA) is 24.9 Å². The summed E-state index contributed by atoms with van der Waals surface area (Å²) in [5.74, 6) is 0.